The van der Waals surface area contributed by atoms with Gasteiger partial charge in [-0.1, -0.05) is 282 Å². The molecule has 0 saturated heterocycles. The summed E-state index contributed by atoms with van der Waals surface area (Å²) in [6.07, 6.45) is 0. The summed E-state index contributed by atoms with van der Waals surface area (Å²) in [6.45, 7) is 9.48. The number of para-hydroxylation sites is 4. The zero-order chi connectivity index (χ0) is 83.4. The summed E-state index contributed by atoms with van der Waals surface area (Å²) in [6, 6.07) is 146. The summed E-state index contributed by atoms with van der Waals surface area (Å²) in [5.74, 6) is 0. The first kappa shape index (κ1) is 71.6. The maximum absolute atomic E-state index is 7.45. The van der Waals surface area contributed by atoms with Crippen molar-refractivity contribution in [2.75, 3.05) is 19.6 Å². The normalized spacial score (nSPS) is 13.2. The molecule has 0 unspecified atom stereocenters. The molecule has 0 bridgehead atoms. The summed E-state index contributed by atoms with van der Waals surface area (Å²) in [4.78, 5) is 9.76. The molecule has 4 heterocycles. The topological polar surface area (TPSA) is 65.5 Å². The van der Waals surface area contributed by atoms with E-state index >= 15 is 0 Å². The maximum atomic E-state index is 7.45. The SMILES string of the molecule is CC1(C)c2ccccc2-c2ccc(N(c3ccccc3)c3cc4c5cc(N(c6ccc(-c7ccc(N(c8ccc9oc%10ccccc%10c9c8)c8cc9c%10cc(N(c%11ccccc%11)c%11ccc%12oc%13ccccc%13c%12c%11)c%11ccccc%11c%10oc9c9ccccc89)cc7)cc6)c6ccc7c(c6)C(C)(C)c6ccccc6-7)c6ccccc6c5oc4c4ccccc34)cc21. The Balaban J connectivity index is 0.634. The number of fused-ring (bicyclic) bond motifs is 26. The van der Waals surface area contributed by atoms with Gasteiger partial charge in [0.05, 0.1) is 22.7 Å². The van der Waals surface area contributed by atoms with Crippen LogP contribution in [0.25, 0.3) is 164 Å². The lowest BCUT2D eigenvalue weighted by Gasteiger charge is -2.29. The molecule has 8 nitrogen and oxygen atoms in total. The summed E-state index contributed by atoms with van der Waals surface area (Å²) in [5.41, 5.74) is 31.2. The third-order valence-corrected chi connectivity index (χ3v) is 27.3. The van der Waals surface area contributed by atoms with E-state index in [9.17, 15) is 0 Å². The van der Waals surface area contributed by atoms with Crippen LogP contribution in [0, 0.1) is 0 Å². The third-order valence-electron chi connectivity index (χ3n) is 27.3. The standard InChI is InChI=1S/C118H78N4O4/c1-117(2)101-43-23-19-31-81(101)83-59-55-79(65-103(83)117)120(74-29-9-6-10-30-74)106-68-98-100-70-108(88-36-14-18-42-94(88)116(100)126-114(98)92-40-16-12-34-86(92)106)122(80-56-60-84-82-32-20-24-44-102(82)118(3,4)104(84)66-80)76-53-49-72(50-54-76)71-47-51-75(52-48-71)121(78-58-62-112-96(64-78)90-38-22-26-46-110(90)124-112)107-69-99-97-67-105(85-33-11-15-39-91(85)113(97)125-115(99)93-41-17-13-35-87(93)107)119(73-27-7-5-8-28-73)77-57-61-111-95(63-77)89-37-21-25-45-109(89)123-111/h5-70H,1-4H3. The lowest BCUT2D eigenvalue weighted by atomic mass is 9.82. The van der Waals surface area contributed by atoms with Gasteiger partial charge in [-0.2, -0.15) is 0 Å². The molecule has 0 saturated carbocycles. The van der Waals surface area contributed by atoms with Crippen LogP contribution >= 0.6 is 0 Å². The second-order valence-electron chi connectivity index (χ2n) is 34.9. The Kier molecular flexibility index (Phi) is 15.4. The first-order valence-corrected chi connectivity index (χ1v) is 43.4. The fourth-order valence-corrected chi connectivity index (χ4v) is 21.3. The van der Waals surface area contributed by atoms with Crippen molar-refractivity contribution in [2.45, 2.75) is 38.5 Å². The molecule has 0 spiro atoms. The van der Waals surface area contributed by atoms with Crippen molar-refractivity contribution in [1.82, 2.24) is 0 Å². The molecule has 24 aromatic rings. The van der Waals surface area contributed by atoms with Gasteiger partial charge in [0.1, 0.15) is 44.7 Å². The van der Waals surface area contributed by atoms with Crippen LogP contribution in [-0.4, -0.2) is 0 Å². The molecule has 0 amide bonds. The number of hydrogen-bond donors (Lipinski definition) is 0. The molecule has 2 aliphatic carbocycles. The quantitative estimate of drug-likeness (QED) is 0.113. The summed E-state index contributed by atoms with van der Waals surface area (Å²) in [7, 11) is 0. The molecule has 0 fully saturated rings. The molecule has 594 valence electrons. The highest BCUT2D eigenvalue weighted by Crippen LogP contribution is 2.57. The molecular weight excluding hydrogens is 1540 g/mol. The molecule has 8 heteroatoms. The lowest BCUT2D eigenvalue weighted by Crippen LogP contribution is -2.16. The minimum atomic E-state index is -0.264. The van der Waals surface area contributed by atoms with Crippen LogP contribution < -0.4 is 19.6 Å². The van der Waals surface area contributed by atoms with Gasteiger partial charge in [0, 0.05) is 143 Å². The van der Waals surface area contributed by atoms with Crippen LogP contribution in [0.2, 0.25) is 0 Å². The fraction of sp³-hybridized carbons (Fsp3) is 0.0508. The molecule has 2 aliphatic rings. The molecule has 126 heavy (non-hydrogen) atoms. The molecule has 4 aromatic heterocycles. The van der Waals surface area contributed by atoms with Gasteiger partial charge in [-0.05, 0) is 201 Å². The van der Waals surface area contributed by atoms with E-state index in [0.717, 1.165) is 210 Å². The number of hydrogen-bond acceptors (Lipinski definition) is 8. The van der Waals surface area contributed by atoms with Crippen molar-refractivity contribution in [2.24, 2.45) is 0 Å². The smallest absolute Gasteiger partial charge is 0.143 e. The molecule has 26 rings (SSSR count). The largest absolute Gasteiger partial charge is 0.456 e. The van der Waals surface area contributed by atoms with Gasteiger partial charge in [-0.15, -0.1) is 0 Å². The Morgan fingerprint density at radius 1 is 0.167 bits per heavy atom. The van der Waals surface area contributed by atoms with Crippen molar-refractivity contribution in [3.63, 3.8) is 0 Å². The summed E-state index contributed by atoms with van der Waals surface area (Å²) in [5, 5.41) is 16.6. The van der Waals surface area contributed by atoms with Gasteiger partial charge in [0.2, 0.25) is 0 Å². The fourth-order valence-electron chi connectivity index (χ4n) is 21.3. The van der Waals surface area contributed by atoms with Gasteiger partial charge in [0.25, 0.3) is 0 Å². The average Bonchev–Trinajstić information content (AvgIpc) is 1.52. The highest BCUT2D eigenvalue weighted by Gasteiger charge is 2.39. The average molecular weight is 1620 g/mol. The second-order valence-corrected chi connectivity index (χ2v) is 34.9. The minimum absolute atomic E-state index is 0.204. The Labute approximate surface area is 726 Å². The number of nitrogens with zero attached hydrogens (tertiary/aromatic N) is 4. The molecule has 20 aromatic carbocycles. The molecular formula is C118H78N4O4. The predicted octanol–water partition coefficient (Wildman–Crippen LogP) is 34.1. The number of furan rings is 4. The highest BCUT2D eigenvalue weighted by atomic mass is 16.3. The van der Waals surface area contributed by atoms with Crippen molar-refractivity contribution in [3.8, 4) is 33.4 Å². The molecule has 0 atom stereocenters. The Hall–Kier alpha value is -16.2. The van der Waals surface area contributed by atoms with Gasteiger partial charge in [-0.25, -0.2) is 0 Å². The molecule has 0 radical (unpaired) electrons. The van der Waals surface area contributed by atoms with Crippen LogP contribution in [0.4, 0.5) is 68.2 Å². The Morgan fingerprint density at radius 2 is 0.421 bits per heavy atom. The van der Waals surface area contributed by atoms with Gasteiger partial charge in [-0.3, -0.25) is 0 Å². The second kappa shape index (κ2) is 27.2. The van der Waals surface area contributed by atoms with E-state index in [1.807, 2.05) is 18.2 Å². The van der Waals surface area contributed by atoms with Crippen LogP contribution in [-0.2, 0) is 10.8 Å². The van der Waals surface area contributed by atoms with Crippen molar-refractivity contribution >= 4 is 199 Å². The first-order valence-electron chi connectivity index (χ1n) is 43.4. The van der Waals surface area contributed by atoms with Crippen LogP contribution in [0.3, 0.4) is 0 Å². The highest BCUT2D eigenvalue weighted by molar-refractivity contribution is 6.28. The Bertz CT molecular complexity index is 8690. The predicted molar refractivity (Wildman–Crippen MR) is 525 cm³/mol. The number of benzene rings is 20. The summed E-state index contributed by atoms with van der Waals surface area (Å²) >= 11 is 0. The van der Waals surface area contributed by atoms with Gasteiger partial charge < -0.3 is 37.3 Å². The van der Waals surface area contributed by atoms with E-state index in [4.69, 9.17) is 17.7 Å². The lowest BCUT2D eigenvalue weighted by molar-refractivity contribution is 0.660. The molecule has 0 aliphatic heterocycles. The number of rotatable bonds is 13. The van der Waals surface area contributed by atoms with Crippen LogP contribution in [0.15, 0.2) is 418 Å². The number of anilines is 12. The van der Waals surface area contributed by atoms with E-state index in [1.165, 1.54) is 44.5 Å². The zero-order valence-corrected chi connectivity index (χ0v) is 69.5. The van der Waals surface area contributed by atoms with E-state index < -0.39 is 0 Å². The van der Waals surface area contributed by atoms with E-state index in [2.05, 4.69) is 429 Å². The van der Waals surface area contributed by atoms with Crippen molar-refractivity contribution < 1.29 is 17.7 Å². The van der Waals surface area contributed by atoms with Gasteiger partial charge in [0.15, 0.2) is 0 Å². The zero-order valence-electron chi connectivity index (χ0n) is 69.5. The Morgan fingerprint density at radius 3 is 0.770 bits per heavy atom. The van der Waals surface area contributed by atoms with E-state index in [0.29, 0.717) is 0 Å². The maximum Gasteiger partial charge on any atom is 0.143 e. The summed E-state index contributed by atoms with van der Waals surface area (Å²) < 4.78 is 27.8. The van der Waals surface area contributed by atoms with Crippen LogP contribution in [0.5, 0.6) is 0 Å². The monoisotopic (exact) mass is 1610 g/mol. The van der Waals surface area contributed by atoms with E-state index in [-0.39, 0.29) is 10.8 Å². The van der Waals surface area contributed by atoms with Gasteiger partial charge >= 0.3 is 0 Å². The van der Waals surface area contributed by atoms with Crippen molar-refractivity contribution in [1.29, 1.82) is 0 Å². The molecule has 0 N–H and O–H groups in total. The third kappa shape index (κ3) is 10.7. The van der Waals surface area contributed by atoms with Crippen LogP contribution in [0.1, 0.15) is 49.9 Å². The minimum Gasteiger partial charge on any atom is -0.456 e. The van der Waals surface area contributed by atoms with E-state index in [1.54, 1.807) is 0 Å². The first-order chi connectivity index (χ1) is 62.0. The van der Waals surface area contributed by atoms with Crippen molar-refractivity contribution in [3.05, 3.63) is 423 Å².